The van der Waals surface area contributed by atoms with E-state index in [0.29, 0.717) is 5.84 Å². The minimum absolute atomic E-state index is 0.261. The van der Waals surface area contributed by atoms with Crippen molar-refractivity contribution in [2.75, 3.05) is 0 Å². The molecular formula is C45H30N4O. The fraction of sp³-hybridized carbons (Fsp3) is 0.0222. The fourth-order valence-electron chi connectivity index (χ4n) is 7.23. The molecule has 1 atom stereocenters. The van der Waals surface area contributed by atoms with Gasteiger partial charge in [-0.15, -0.1) is 0 Å². The highest BCUT2D eigenvalue weighted by atomic mass is 16.3. The number of nitrogens with zero attached hydrogens (tertiary/aromatic N) is 3. The molecule has 1 N–H and O–H groups in total. The summed E-state index contributed by atoms with van der Waals surface area (Å²) in [6.45, 7) is 0. The fourth-order valence-corrected chi connectivity index (χ4v) is 7.23. The lowest BCUT2D eigenvalue weighted by atomic mass is 10.0. The Labute approximate surface area is 288 Å². The number of aromatic nitrogens is 1. The van der Waals surface area contributed by atoms with Crippen LogP contribution in [-0.2, 0) is 0 Å². The average Bonchev–Trinajstić information content (AvgIpc) is 3.73. The van der Waals surface area contributed by atoms with Crippen molar-refractivity contribution in [1.29, 1.82) is 0 Å². The molecule has 0 aliphatic carbocycles. The number of rotatable bonds is 5. The van der Waals surface area contributed by atoms with E-state index in [1.54, 1.807) is 0 Å². The van der Waals surface area contributed by atoms with Crippen molar-refractivity contribution >= 4 is 55.4 Å². The monoisotopic (exact) mass is 642 g/mol. The molecule has 50 heavy (non-hydrogen) atoms. The number of benzene rings is 7. The van der Waals surface area contributed by atoms with Gasteiger partial charge in [0.1, 0.15) is 23.2 Å². The lowest BCUT2D eigenvalue weighted by Crippen LogP contribution is -2.33. The van der Waals surface area contributed by atoms with Crippen LogP contribution in [0.4, 0.5) is 0 Å². The van der Waals surface area contributed by atoms with E-state index in [0.717, 1.165) is 61.2 Å². The second-order valence-electron chi connectivity index (χ2n) is 12.7. The number of aliphatic imine (C=N–C) groups is 2. The first-order valence-electron chi connectivity index (χ1n) is 16.9. The SMILES string of the molecule is c1ccc(C2=NC(c3ccc4c(c3)oc3cc(-n5c6ccccc6c6cc(-c7ccccc7)ccc65)ccc34)=NC(c3ccccc3)N2)cc1. The van der Waals surface area contributed by atoms with E-state index in [-0.39, 0.29) is 6.17 Å². The first-order chi connectivity index (χ1) is 24.8. The lowest BCUT2D eigenvalue weighted by molar-refractivity contribution is 0.667. The normalized spacial score (nSPS) is 14.6. The molecule has 0 amide bonds. The molecule has 0 saturated carbocycles. The standard InChI is InChI=1S/C45H30N4O/c1-4-12-29(13-5-1)32-21-25-40-38(26-32)35-18-10-11-19-39(35)49(40)34-22-24-37-36-23-20-33(27-41(36)50-42(37)28-34)45-47-43(30-14-6-2-7-15-30)46-44(48-45)31-16-8-3-9-17-31/h1-28,43H,(H,46,47,48). The molecule has 5 nitrogen and oxygen atoms in total. The average molecular weight is 643 g/mol. The summed E-state index contributed by atoms with van der Waals surface area (Å²) in [5.74, 6) is 1.46. The summed E-state index contributed by atoms with van der Waals surface area (Å²) in [5, 5.41) is 8.12. The van der Waals surface area contributed by atoms with Crippen molar-refractivity contribution in [1.82, 2.24) is 9.88 Å². The highest BCUT2D eigenvalue weighted by Crippen LogP contribution is 2.37. The Morgan fingerprint density at radius 2 is 1.12 bits per heavy atom. The molecule has 0 bridgehead atoms. The van der Waals surface area contributed by atoms with E-state index < -0.39 is 0 Å². The molecule has 236 valence electrons. The van der Waals surface area contributed by atoms with Crippen molar-refractivity contribution in [3.63, 3.8) is 0 Å². The Morgan fingerprint density at radius 3 is 1.92 bits per heavy atom. The van der Waals surface area contributed by atoms with Gasteiger partial charge in [-0.25, -0.2) is 9.98 Å². The van der Waals surface area contributed by atoms with Crippen LogP contribution in [0.3, 0.4) is 0 Å². The molecule has 7 aromatic carbocycles. The molecule has 3 heterocycles. The molecule has 5 heteroatoms. The van der Waals surface area contributed by atoms with Crippen molar-refractivity contribution < 1.29 is 4.42 Å². The zero-order chi connectivity index (χ0) is 33.0. The van der Waals surface area contributed by atoms with Crippen LogP contribution in [0.25, 0.3) is 60.6 Å². The zero-order valence-corrected chi connectivity index (χ0v) is 27.0. The van der Waals surface area contributed by atoms with Crippen LogP contribution in [0.15, 0.2) is 184 Å². The maximum absolute atomic E-state index is 6.61. The van der Waals surface area contributed by atoms with Crippen LogP contribution in [0, 0.1) is 0 Å². The molecule has 0 radical (unpaired) electrons. The molecule has 9 aromatic rings. The molecule has 0 spiro atoms. The van der Waals surface area contributed by atoms with Gasteiger partial charge in [0.25, 0.3) is 0 Å². The van der Waals surface area contributed by atoms with E-state index in [9.17, 15) is 0 Å². The number of fused-ring (bicyclic) bond motifs is 6. The zero-order valence-electron chi connectivity index (χ0n) is 27.0. The maximum atomic E-state index is 6.61. The number of nitrogens with one attached hydrogen (secondary N) is 1. The van der Waals surface area contributed by atoms with E-state index in [1.807, 2.05) is 36.4 Å². The predicted molar refractivity (Wildman–Crippen MR) is 205 cm³/mol. The Bertz CT molecular complexity index is 2780. The third-order valence-electron chi connectivity index (χ3n) is 9.66. The molecule has 0 saturated heterocycles. The minimum atomic E-state index is -0.261. The van der Waals surface area contributed by atoms with Gasteiger partial charge in [0.05, 0.1) is 11.0 Å². The molecule has 1 unspecified atom stereocenters. The Balaban J connectivity index is 1.08. The van der Waals surface area contributed by atoms with Crippen LogP contribution in [0.1, 0.15) is 22.9 Å². The molecule has 0 fully saturated rings. The number of hydrogen-bond donors (Lipinski definition) is 1. The lowest BCUT2D eigenvalue weighted by Gasteiger charge is -2.23. The van der Waals surface area contributed by atoms with Gasteiger partial charge in [0.15, 0.2) is 5.84 Å². The van der Waals surface area contributed by atoms with Crippen molar-refractivity contribution in [3.8, 4) is 16.8 Å². The number of hydrogen-bond acceptors (Lipinski definition) is 4. The molecule has 10 rings (SSSR count). The first-order valence-corrected chi connectivity index (χ1v) is 16.9. The molecular weight excluding hydrogens is 613 g/mol. The smallest absolute Gasteiger partial charge is 0.159 e. The minimum Gasteiger partial charge on any atom is -0.456 e. The predicted octanol–water partition coefficient (Wildman–Crippen LogP) is 10.8. The molecule has 1 aliphatic heterocycles. The molecule has 1 aliphatic rings. The largest absolute Gasteiger partial charge is 0.456 e. The highest BCUT2D eigenvalue weighted by Gasteiger charge is 2.22. The maximum Gasteiger partial charge on any atom is 0.159 e. The topological polar surface area (TPSA) is 54.8 Å². The van der Waals surface area contributed by atoms with E-state index in [4.69, 9.17) is 14.4 Å². The van der Waals surface area contributed by atoms with Gasteiger partial charge in [-0.3, -0.25) is 0 Å². The highest BCUT2D eigenvalue weighted by molar-refractivity contribution is 6.15. The van der Waals surface area contributed by atoms with Gasteiger partial charge in [-0.2, -0.15) is 0 Å². The van der Waals surface area contributed by atoms with Gasteiger partial charge in [0, 0.05) is 44.4 Å². The summed E-state index contributed by atoms with van der Waals surface area (Å²) < 4.78 is 8.95. The number of furan rings is 1. The summed E-state index contributed by atoms with van der Waals surface area (Å²) in [6, 6.07) is 59.2. The van der Waals surface area contributed by atoms with Gasteiger partial charge in [-0.1, -0.05) is 121 Å². The van der Waals surface area contributed by atoms with Crippen molar-refractivity contribution in [2.24, 2.45) is 9.98 Å². The number of para-hydroxylation sites is 1. The first kappa shape index (κ1) is 28.3. The number of amidine groups is 2. The third-order valence-corrected chi connectivity index (χ3v) is 9.66. The quantitative estimate of drug-likeness (QED) is 0.203. The third kappa shape index (κ3) is 4.71. The Hall–Kier alpha value is -6.72. The van der Waals surface area contributed by atoms with E-state index >= 15 is 0 Å². The summed E-state index contributed by atoms with van der Waals surface area (Å²) in [6.07, 6.45) is -0.261. The van der Waals surface area contributed by atoms with Crippen LogP contribution >= 0.6 is 0 Å². The van der Waals surface area contributed by atoms with Crippen LogP contribution < -0.4 is 5.32 Å². The van der Waals surface area contributed by atoms with Gasteiger partial charge in [-0.05, 0) is 59.2 Å². The van der Waals surface area contributed by atoms with Crippen molar-refractivity contribution in [2.45, 2.75) is 6.17 Å². The van der Waals surface area contributed by atoms with Gasteiger partial charge in [0.2, 0.25) is 0 Å². The second-order valence-corrected chi connectivity index (χ2v) is 12.7. The van der Waals surface area contributed by atoms with E-state index in [2.05, 4.69) is 143 Å². The summed E-state index contributed by atoms with van der Waals surface area (Å²) >= 11 is 0. The Morgan fingerprint density at radius 1 is 0.480 bits per heavy atom. The van der Waals surface area contributed by atoms with Crippen molar-refractivity contribution in [3.05, 3.63) is 187 Å². The van der Waals surface area contributed by atoms with Crippen LogP contribution in [0.5, 0.6) is 0 Å². The van der Waals surface area contributed by atoms with Gasteiger partial charge >= 0.3 is 0 Å². The molecule has 2 aromatic heterocycles. The van der Waals surface area contributed by atoms with Crippen LogP contribution in [-0.4, -0.2) is 16.2 Å². The van der Waals surface area contributed by atoms with E-state index in [1.165, 1.54) is 21.9 Å². The van der Waals surface area contributed by atoms with Gasteiger partial charge < -0.3 is 14.3 Å². The second kappa shape index (κ2) is 11.5. The summed E-state index contributed by atoms with van der Waals surface area (Å²) in [5.41, 5.74) is 10.4. The summed E-state index contributed by atoms with van der Waals surface area (Å²) in [4.78, 5) is 10.1. The Kier molecular flexibility index (Phi) is 6.49. The summed E-state index contributed by atoms with van der Waals surface area (Å²) in [7, 11) is 0. The van der Waals surface area contributed by atoms with Crippen LogP contribution in [0.2, 0.25) is 0 Å².